The molecule has 6 rings (SSSR count). The summed E-state index contributed by atoms with van der Waals surface area (Å²) in [6.45, 7) is 3.55. The normalized spacial score (nSPS) is 21.4. The van der Waals surface area contributed by atoms with Gasteiger partial charge >= 0.3 is 0 Å². The number of ether oxygens (including phenoxy) is 1. The molecule has 2 aromatic carbocycles. The number of nitrogens with zero attached hydrogens (tertiary/aromatic N) is 3. The fourth-order valence-electron chi connectivity index (χ4n) is 4.40. The zero-order chi connectivity index (χ0) is 21.9. The van der Waals surface area contributed by atoms with Crippen molar-refractivity contribution in [3.8, 4) is 0 Å². The summed E-state index contributed by atoms with van der Waals surface area (Å²) in [4.78, 5) is 27.3. The summed E-state index contributed by atoms with van der Waals surface area (Å²) in [5.74, 6) is -4.23. The van der Waals surface area contributed by atoms with Gasteiger partial charge in [-0.1, -0.05) is 12.1 Å². The van der Waals surface area contributed by atoms with E-state index in [-0.39, 0.29) is 0 Å². The number of anilines is 2. The van der Waals surface area contributed by atoms with Gasteiger partial charge in [0.05, 0.1) is 36.5 Å². The van der Waals surface area contributed by atoms with Crippen LogP contribution in [-0.2, 0) is 16.1 Å². The van der Waals surface area contributed by atoms with E-state index in [1.54, 1.807) is 12.1 Å². The number of rotatable bonds is 4. The zero-order valence-electron chi connectivity index (χ0n) is 17.2. The molecule has 0 spiro atoms. The van der Waals surface area contributed by atoms with Crippen LogP contribution in [0.15, 0.2) is 41.4 Å². The van der Waals surface area contributed by atoms with Gasteiger partial charge in [0.1, 0.15) is 11.6 Å². The van der Waals surface area contributed by atoms with Crippen molar-refractivity contribution in [3.63, 3.8) is 0 Å². The molecule has 3 aromatic rings. The maximum atomic E-state index is 13.3. The van der Waals surface area contributed by atoms with E-state index in [4.69, 9.17) is 9.72 Å². The Hall–Kier alpha value is -3.33. The van der Waals surface area contributed by atoms with E-state index in [9.17, 15) is 13.6 Å². The van der Waals surface area contributed by atoms with E-state index in [0.717, 1.165) is 40.9 Å². The number of H-pyrrole nitrogens is 1. The van der Waals surface area contributed by atoms with Gasteiger partial charge in [-0.3, -0.25) is 9.79 Å². The van der Waals surface area contributed by atoms with Crippen LogP contribution in [0.1, 0.15) is 23.4 Å². The lowest BCUT2D eigenvalue weighted by atomic mass is 10.0. The van der Waals surface area contributed by atoms with Crippen LogP contribution in [0.2, 0.25) is 0 Å². The molecule has 1 aliphatic carbocycles. The van der Waals surface area contributed by atoms with Gasteiger partial charge in [0, 0.05) is 30.8 Å². The molecule has 164 valence electrons. The highest BCUT2D eigenvalue weighted by molar-refractivity contribution is 6.18. The minimum Gasteiger partial charge on any atom is -0.378 e. The predicted molar refractivity (Wildman–Crippen MR) is 117 cm³/mol. The number of aliphatic imine (C=N–C) groups is 1. The molecular weight excluding hydrogens is 416 g/mol. The molecule has 9 heteroatoms. The van der Waals surface area contributed by atoms with Gasteiger partial charge in [0.25, 0.3) is 5.92 Å². The third-order valence-corrected chi connectivity index (χ3v) is 6.26. The van der Waals surface area contributed by atoms with Crippen LogP contribution in [0, 0.1) is 5.92 Å². The Morgan fingerprint density at radius 3 is 2.81 bits per heavy atom. The number of imidazole rings is 1. The Morgan fingerprint density at radius 2 is 2.03 bits per heavy atom. The number of amides is 1. The first-order chi connectivity index (χ1) is 15.5. The number of aromatic amines is 1. The summed E-state index contributed by atoms with van der Waals surface area (Å²) in [5.41, 5.74) is 5.57. The number of hydrogen-bond acceptors (Lipinski definition) is 5. The third kappa shape index (κ3) is 3.24. The highest BCUT2D eigenvalue weighted by Gasteiger charge is 2.61. The molecule has 2 aliphatic heterocycles. The Bertz CT molecular complexity index is 1260. The second-order valence-electron chi connectivity index (χ2n) is 8.40. The van der Waals surface area contributed by atoms with Gasteiger partial charge in [-0.05, 0) is 29.8 Å². The standard InChI is InChI=1S/C23H21F2N5O2/c24-23(25)11-15(23)22(31)29-17-3-1-2-13-12-26-20(19(13)17)21-27-16-5-4-14(10-18(16)28-21)30-6-8-32-9-7-30/h1-5,10,15H,6-9,11-12H2,(H,27,28)(H,29,31). The molecule has 3 heterocycles. The number of benzene rings is 2. The van der Waals surface area contributed by atoms with E-state index >= 15 is 0 Å². The van der Waals surface area contributed by atoms with Crippen LogP contribution in [0.4, 0.5) is 20.2 Å². The molecule has 0 radical (unpaired) electrons. The lowest BCUT2D eigenvalue weighted by Gasteiger charge is -2.28. The minimum atomic E-state index is -2.91. The summed E-state index contributed by atoms with van der Waals surface area (Å²) in [6, 6.07) is 11.5. The van der Waals surface area contributed by atoms with Gasteiger partial charge in [-0.25, -0.2) is 13.8 Å². The minimum absolute atomic E-state index is 0.399. The van der Waals surface area contributed by atoms with E-state index in [1.165, 1.54) is 0 Å². The van der Waals surface area contributed by atoms with Gasteiger partial charge in [0.2, 0.25) is 5.91 Å². The number of fused-ring (bicyclic) bond motifs is 2. The molecule has 1 aromatic heterocycles. The largest absolute Gasteiger partial charge is 0.378 e. The molecule has 7 nitrogen and oxygen atoms in total. The van der Waals surface area contributed by atoms with E-state index in [2.05, 4.69) is 26.3 Å². The van der Waals surface area contributed by atoms with Crippen molar-refractivity contribution >= 4 is 34.0 Å². The number of morpholine rings is 1. The van der Waals surface area contributed by atoms with Gasteiger partial charge < -0.3 is 19.9 Å². The first-order valence-electron chi connectivity index (χ1n) is 10.7. The Balaban J connectivity index is 1.32. The Morgan fingerprint density at radius 1 is 1.22 bits per heavy atom. The zero-order valence-corrected chi connectivity index (χ0v) is 17.2. The summed E-state index contributed by atoms with van der Waals surface area (Å²) >= 11 is 0. The summed E-state index contributed by atoms with van der Waals surface area (Å²) < 4.78 is 32.1. The first-order valence-corrected chi connectivity index (χ1v) is 10.7. The number of aromatic nitrogens is 2. The van der Waals surface area contributed by atoms with Crippen LogP contribution in [0.25, 0.3) is 11.0 Å². The van der Waals surface area contributed by atoms with Crippen LogP contribution in [0.5, 0.6) is 0 Å². The number of hydrogen-bond donors (Lipinski definition) is 2. The fourth-order valence-corrected chi connectivity index (χ4v) is 4.40. The second-order valence-corrected chi connectivity index (χ2v) is 8.40. The van der Waals surface area contributed by atoms with Gasteiger partial charge in [-0.15, -0.1) is 0 Å². The number of nitrogens with one attached hydrogen (secondary N) is 2. The second kappa shape index (κ2) is 7.09. The highest BCUT2D eigenvalue weighted by Crippen LogP contribution is 2.49. The Labute approximate surface area is 182 Å². The lowest BCUT2D eigenvalue weighted by Crippen LogP contribution is -2.36. The molecule has 2 fully saturated rings. The molecular formula is C23H21F2N5O2. The van der Waals surface area contributed by atoms with E-state index < -0.39 is 24.2 Å². The molecule has 2 N–H and O–H groups in total. The average molecular weight is 437 g/mol. The number of halogens is 2. The van der Waals surface area contributed by atoms with Crippen LogP contribution >= 0.6 is 0 Å². The molecule has 1 saturated carbocycles. The molecule has 3 aliphatic rings. The predicted octanol–water partition coefficient (Wildman–Crippen LogP) is 3.34. The van der Waals surface area contributed by atoms with E-state index in [1.807, 2.05) is 18.2 Å². The molecule has 0 bridgehead atoms. The third-order valence-electron chi connectivity index (χ3n) is 6.26. The highest BCUT2D eigenvalue weighted by atomic mass is 19.3. The molecule has 1 amide bonds. The average Bonchev–Trinajstić information content (AvgIpc) is 3.14. The maximum absolute atomic E-state index is 13.3. The van der Waals surface area contributed by atoms with Crippen LogP contribution in [-0.4, -0.2) is 53.8 Å². The molecule has 1 saturated heterocycles. The first kappa shape index (κ1) is 19.4. The van der Waals surface area contributed by atoms with Gasteiger partial charge in [0.15, 0.2) is 5.82 Å². The fraction of sp³-hybridized carbons (Fsp3) is 0.348. The molecule has 32 heavy (non-hydrogen) atoms. The quantitative estimate of drug-likeness (QED) is 0.656. The monoisotopic (exact) mass is 437 g/mol. The van der Waals surface area contributed by atoms with Crippen molar-refractivity contribution in [2.75, 3.05) is 36.5 Å². The van der Waals surface area contributed by atoms with Crippen molar-refractivity contribution in [3.05, 3.63) is 53.3 Å². The summed E-state index contributed by atoms with van der Waals surface area (Å²) in [7, 11) is 0. The number of carbonyl (C=O) groups excluding carboxylic acids is 1. The van der Waals surface area contributed by atoms with Crippen LogP contribution in [0.3, 0.4) is 0 Å². The van der Waals surface area contributed by atoms with E-state index in [0.29, 0.717) is 37.0 Å². The van der Waals surface area contributed by atoms with Crippen molar-refractivity contribution in [1.29, 1.82) is 0 Å². The van der Waals surface area contributed by atoms with Gasteiger partial charge in [-0.2, -0.15) is 0 Å². The summed E-state index contributed by atoms with van der Waals surface area (Å²) in [6.07, 6.45) is -0.399. The molecule has 1 atom stereocenters. The van der Waals surface area contributed by atoms with Crippen molar-refractivity contribution in [2.45, 2.75) is 18.9 Å². The topological polar surface area (TPSA) is 82.6 Å². The maximum Gasteiger partial charge on any atom is 0.260 e. The Kier molecular flexibility index (Phi) is 4.29. The number of alkyl halides is 2. The van der Waals surface area contributed by atoms with Crippen molar-refractivity contribution < 1.29 is 18.3 Å². The number of carbonyl (C=O) groups is 1. The lowest BCUT2D eigenvalue weighted by molar-refractivity contribution is -0.119. The molecule has 1 unspecified atom stereocenters. The van der Waals surface area contributed by atoms with Crippen LogP contribution < -0.4 is 10.2 Å². The summed E-state index contributed by atoms with van der Waals surface area (Å²) in [5, 5.41) is 2.69. The smallest absolute Gasteiger partial charge is 0.260 e. The van der Waals surface area contributed by atoms with Crippen molar-refractivity contribution in [2.24, 2.45) is 10.9 Å². The van der Waals surface area contributed by atoms with Crippen molar-refractivity contribution in [1.82, 2.24) is 9.97 Å². The SMILES string of the molecule is O=C(Nc1cccc2c1C(c1nc3ccc(N4CCOCC4)cc3[nH]1)=NC2)C1CC1(F)F.